The van der Waals surface area contributed by atoms with Gasteiger partial charge in [-0.05, 0) is 29.9 Å². The summed E-state index contributed by atoms with van der Waals surface area (Å²) in [4.78, 5) is 11.4. The molecule has 4 heteroatoms. The second kappa shape index (κ2) is 4.99. The van der Waals surface area contributed by atoms with E-state index in [0.29, 0.717) is 5.39 Å². The zero-order chi connectivity index (χ0) is 11.4. The van der Waals surface area contributed by atoms with Crippen molar-refractivity contribution in [1.29, 1.82) is 0 Å². The van der Waals surface area contributed by atoms with Gasteiger partial charge >= 0.3 is 0 Å². The van der Waals surface area contributed by atoms with Crippen molar-refractivity contribution < 1.29 is 0 Å². The van der Waals surface area contributed by atoms with Gasteiger partial charge in [0.1, 0.15) is 0 Å². The molecule has 0 saturated heterocycles. The van der Waals surface area contributed by atoms with Crippen molar-refractivity contribution in [3.05, 3.63) is 46.4 Å². The standard InChI is InChI=1S/C12H12N2OS/c15-12-11-5-4-9(3-1-2-6-16)7-10(11)8-13-14-12/h1,3-5,7-8,16H,2,6H2,(H,14,15). The SMILES string of the molecule is O=c1[nH]ncc2cc(C=CCCS)ccc12. The van der Waals surface area contributed by atoms with Crippen molar-refractivity contribution >= 4 is 29.5 Å². The largest absolute Gasteiger partial charge is 0.272 e. The first-order valence-corrected chi connectivity index (χ1v) is 5.69. The molecular weight excluding hydrogens is 220 g/mol. The second-order valence-electron chi connectivity index (χ2n) is 3.46. The highest BCUT2D eigenvalue weighted by molar-refractivity contribution is 7.80. The van der Waals surface area contributed by atoms with Crippen LogP contribution in [0.4, 0.5) is 0 Å². The van der Waals surface area contributed by atoms with Crippen LogP contribution in [0, 0.1) is 0 Å². The molecule has 0 atom stereocenters. The lowest BCUT2D eigenvalue weighted by Gasteiger charge is -1.97. The van der Waals surface area contributed by atoms with Crippen LogP contribution in [-0.2, 0) is 0 Å². The molecule has 0 bridgehead atoms. The van der Waals surface area contributed by atoms with Gasteiger partial charge in [-0.1, -0.05) is 18.2 Å². The number of rotatable bonds is 3. The number of nitrogens with zero attached hydrogens (tertiary/aromatic N) is 1. The molecular formula is C12H12N2OS. The Labute approximate surface area is 98.6 Å². The van der Waals surface area contributed by atoms with Gasteiger partial charge in [-0.3, -0.25) is 4.79 Å². The first-order chi connectivity index (χ1) is 7.81. The Balaban J connectivity index is 2.41. The van der Waals surface area contributed by atoms with E-state index in [4.69, 9.17) is 0 Å². The lowest BCUT2D eigenvalue weighted by molar-refractivity contribution is 1.01. The van der Waals surface area contributed by atoms with Gasteiger partial charge in [0.15, 0.2) is 0 Å². The van der Waals surface area contributed by atoms with Gasteiger partial charge in [-0.2, -0.15) is 17.7 Å². The average Bonchev–Trinajstić information content (AvgIpc) is 2.30. The minimum atomic E-state index is -0.150. The molecule has 0 fully saturated rings. The number of fused-ring (bicyclic) bond motifs is 1. The van der Waals surface area contributed by atoms with E-state index in [2.05, 4.69) is 28.9 Å². The van der Waals surface area contributed by atoms with Crippen molar-refractivity contribution in [3.8, 4) is 0 Å². The molecule has 0 aliphatic rings. The van der Waals surface area contributed by atoms with E-state index in [1.807, 2.05) is 24.3 Å². The normalized spacial score (nSPS) is 11.3. The number of hydrogen-bond donors (Lipinski definition) is 2. The summed E-state index contributed by atoms with van der Waals surface area (Å²) < 4.78 is 0. The van der Waals surface area contributed by atoms with E-state index < -0.39 is 0 Å². The third kappa shape index (κ3) is 2.33. The van der Waals surface area contributed by atoms with Gasteiger partial charge in [-0.15, -0.1) is 0 Å². The van der Waals surface area contributed by atoms with Crippen molar-refractivity contribution in [2.24, 2.45) is 0 Å². The average molecular weight is 232 g/mol. The molecule has 0 aliphatic carbocycles. The Bertz CT molecular complexity index is 574. The molecule has 1 aromatic heterocycles. The summed E-state index contributed by atoms with van der Waals surface area (Å²) in [5.74, 6) is 0.839. The summed E-state index contributed by atoms with van der Waals surface area (Å²) in [7, 11) is 0. The number of aromatic amines is 1. The predicted molar refractivity (Wildman–Crippen MR) is 69.9 cm³/mol. The molecule has 1 N–H and O–H groups in total. The summed E-state index contributed by atoms with van der Waals surface area (Å²) >= 11 is 4.13. The lowest BCUT2D eigenvalue weighted by atomic mass is 10.1. The molecule has 0 spiro atoms. The van der Waals surface area contributed by atoms with Gasteiger partial charge < -0.3 is 0 Å². The van der Waals surface area contributed by atoms with Crippen LogP contribution in [0.2, 0.25) is 0 Å². The fraction of sp³-hybridized carbons (Fsp3) is 0.167. The van der Waals surface area contributed by atoms with Crippen LogP contribution in [0.5, 0.6) is 0 Å². The van der Waals surface area contributed by atoms with Gasteiger partial charge in [-0.25, -0.2) is 5.10 Å². The lowest BCUT2D eigenvalue weighted by Crippen LogP contribution is -2.06. The van der Waals surface area contributed by atoms with E-state index in [9.17, 15) is 4.79 Å². The number of thiol groups is 1. The highest BCUT2D eigenvalue weighted by Crippen LogP contribution is 2.12. The summed E-state index contributed by atoms with van der Waals surface area (Å²) in [6, 6.07) is 5.69. The maximum Gasteiger partial charge on any atom is 0.272 e. The van der Waals surface area contributed by atoms with Crippen LogP contribution in [0.3, 0.4) is 0 Å². The quantitative estimate of drug-likeness (QED) is 0.797. The Morgan fingerprint density at radius 2 is 2.31 bits per heavy atom. The molecule has 16 heavy (non-hydrogen) atoms. The molecule has 0 aliphatic heterocycles. The maximum absolute atomic E-state index is 11.4. The van der Waals surface area contributed by atoms with E-state index in [1.165, 1.54) is 0 Å². The summed E-state index contributed by atoms with van der Waals surface area (Å²) in [5.41, 5.74) is 0.921. The van der Waals surface area contributed by atoms with Crippen molar-refractivity contribution in [1.82, 2.24) is 10.2 Å². The Morgan fingerprint density at radius 3 is 3.12 bits per heavy atom. The Hall–Kier alpha value is -1.55. The van der Waals surface area contributed by atoms with Gasteiger partial charge in [0, 0.05) is 5.39 Å². The summed E-state index contributed by atoms with van der Waals surface area (Å²) in [6.07, 6.45) is 6.69. The summed E-state index contributed by atoms with van der Waals surface area (Å²) in [5, 5.41) is 7.71. The van der Waals surface area contributed by atoms with Crippen LogP contribution in [0.15, 0.2) is 35.3 Å². The van der Waals surface area contributed by atoms with Crippen LogP contribution >= 0.6 is 12.6 Å². The molecule has 2 rings (SSSR count). The second-order valence-corrected chi connectivity index (χ2v) is 3.91. The van der Waals surface area contributed by atoms with E-state index >= 15 is 0 Å². The van der Waals surface area contributed by atoms with Crippen LogP contribution in [0.25, 0.3) is 16.8 Å². The van der Waals surface area contributed by atoms with Gasteiger partial charge in [0.2, 0.25) is 0 Å². The fourth-order valence-electron chi connectivity index (χ4n) is 1.51. The van der Waals surface area contributed by atoms with Crippen molar-refractivity contribution in [2.75, 3.05) is 5.75 Å². The highest BCUT2D eigenvalue weighted by Gasteiger charge is 1.98. The number of benzene rings is 1. The molecule has 0 unspecified atom stereocenters. The van der Waals surface area contributed by atoms with Gasteiger partial charge in [0.05, 0.1) is 11.6 Å². The molecule has 1 heterocycles. The minimum Gasteiger partial charge on any atom is -0.267 e. The topological polar surface area (TPSA) is 45.8 Å². The third-order valence-corrected chi connectivity index (χ3v) is 2.55. The zero-order valence-electron chi connectivity index (χ0n) is 8.68. The predicted octanol–water partition coefficient (Wildman–Crippen LogP) is 2.26. The number of H-pyrrole nitrogens is 1. The first-order valence-electron chi connectivity index (χ1n) is 5.06. The Morgan fingerprint density at radius 1 is 1.44 bits per heavy atom. The molecule has 3 nitrogen and oxygen atoms in total. The molecule has 82 valence electrons. The molecule has 0 saturated carbocycles. The smallest absolute Gasteiger partial charge is 0.267 e. The zero-order valence-corrected chi connectivity index (χ0v) is 9.58. The van der Waals surface area contributed by atoms with E-state index in [0.717, 1.165) is 23.1 Å². The van der Waals surface area contributed by atoms with Crippen LogP contribution in [0.1, 0.15) is 12.0 Å². The molecule has 1 aromatic carbocycles. The summed E-state index contributed by atoms with van der Waals surface area (Å²) in [6.45, 7) is 0. The number of nitrogens with one attached hydrogen (secondary N) is 1. The molecule has 0 radical (unpaired) electrons. The van der Waals surface area contributed by atoms with Crippen LogP contribution < -0.4 is 5.56 Å². The van der Waals surface area contributed by atoms with Crippen LogP contribution in [-0.4, -0.2) is 16.0 Å². The first kappa shape index (κ1) is 11.0. The monoisotopic (exact) mass is 232 g/mol. The Kier molecular flexibility index (Phi) is 3.41. The maximum atomic E-state index is 11.4. The van der Waals surface area contributed by atoms with Crippen molar-refractivity contribution in [3.63, 3.8) is 0 Å². The van der Waals surface area contributed by atoms with Crippen molar-refractivity contribution in [2.45, 2.75) is 6.42 Å². The number of allylic oxidation sites excluding steroid dienone is 1. The highest BCUT2D eigenvalue weighted by atomic mass is 32.1. The molecule has 0 amide bonds. The molecule has 2 aromatic rings. The van der Waals surface area contributed by atoms with E-state index in [-0.39, 0.29) is 5.56 Å². The number of hydrogen-bond acceptors (Lipinski definition) is 3. The van der Waals surface area contributed by atoms with Gasteiger partial charge in [0.25, 0.3) is 5.56 Å². The third-order valence-electron chi connectivity index (χ3n) is 2.30. The van der Waals surface area contributed by atoms with E-state index in [1.54, 1.807) is 6.20 Å². The minimum absolute atomic E-state index is 0.150. The number of aromatic nitrogens is 2. The fourth-order valence-corrected chi connectivity index (χ4v) is 1.66.